The van der Waals surface area contributed by atoms with Gasteiger partial charge in [-0.25, -0.2) is 13.5 Å². The van der Waals surface area contributed by atoms with Crippen LogP contribution in [0.15, 0.2) is 42.6 Å². The molecule has 0 atom stereocenters. The Balaban J connectivity index is 1.58. The van der Waals surface area contributed by atoms with Crippen molar-refractivity contribution >= 4 is 17.3 Å². The van der Waals surface area contributed by atoms with Crippen molar-refractivity contribution in [3.05, 3.63) is 71.1 Å². The number of hydrogen-bond donors (Lipinski definition) is 1. The van der Waals surface area contributed by atoms with Gasteiger partial charge >= 0.3 is 0 Å². The highest BCUT2D eigenvalue weighted by Crippen LogP contribution is 2.30. The summed E-state index contributed by atoms with van der Waals surface area (Å²) in [5, 5.41) is 6.90. The molecule has 1 saturated heterocycles. The summed E-state index contributed by atoms with van der Waals surface area (Å²) in [5.74, 6) is -1.81. The second-order valence-electron chi connectivity index (χ2n) is 7.28. The monoisotopic (exact) mass is 396 g/mol. The van der Waals surface area contributed by atoms with Crippen LogP contribution in [-0.4, -0.2) is 28.8 Å². The van der Waals surface area contributed by atoms with Gasteiger partial charge in [0.25, 0.3) is 5.91 Å². The van der Waals surface area contributed by atoms with Crippen molar-refractivity contribution in [1.82, 2.24) is 9.78 Å². The number of benzene rings is 2. The Morgan fingerprint density at radius 2 is 1.72 bits per heavy atom. The van der Waals surface area contributed by atoms with E-state index in [9.17, 15) is 13.6 Å². The maximum absolute atomic E-state index is 14.5. The molecule has 7 heteroatoms. The highest BCUT2D eigenvalue weighted by Gasteiger charge is 2.22. The number of nitrogens with zero attached hydrogens (tertiary/aromatic N) is 3. The van der Waals surface area contributed by atoms with Gasteiger partial charge in [0.2, 0.25) is 0 Å². The van der Waals surface area contributed by atoms with Crippen molar-refractivity contribution in [1.29, 1.82) is 0 Å². The minimum atomic E-state index is -0.672. The zero-order chi connectivity index (χ0) is 20.5. The van der Waals surface area contributed by atoms with E-state index in [0.29, 0.717) is 24.3 Å². The van der Waals surface area contributed by atoms with Crippen molar-refractivity contribution in [2.75, 3.05) is 23.3 Å². The van der Waals surface area contributed by atoms with E-state index in [1.165, 1.54) is 6.20 Å². The minimum Gasteiger partial charge on any atom is -0.367 e. The van der Waals surface area contributed by atoms with Crippen LogP contribution in [-0.2, 0) is 0 Å². The fraction of sp³-hybridized carbons (Fsp3) is 0.273. The first-order valence-electron chi connectivity index (χ1n) is 9.61. The van der Waals surface area contributed by atoms with Crippen LogP contribution in [0.5, 0.6) is 0 Å². The molecule has 2 aromatic carbocycles. The SMILES string of the molecule is Cc1ccccc1-n1ncc(C(=O)Nc2cc(F)c(N3CCCC3)c(F)c2)c1C. The van der Waals surface area contributed by atoms with Gasteiger partial charge in [0.1, 0.15) is 5.69 Å². The van der Waals surface area contributed by atoms with E-state index in [4.69, 9.17) is 0 Å². The van der Waals surface area contributed by atoms with Gasteiger partial charge in [-0.15, -0.1) is 0 Å². The normalized spacial score (nSPS) is 13.7. The van der Waals surface area contributed by atoms with E-state index in [1.807, 2.05) is 31.2 Å². The van der Waals surface area contributed by atoms with Crippen molar-refractivity contribution < 1.29 is 13.6 Å². The molecule has 1 aromatic heterocycles. The molecular formula is C22H22F2N4O. The van der Waals surface area contributed by atoms with Crippen molar-refractivity contribution in [2.24, 2.45) is 0 Å². The fourth-order valence-electron chi connectivity index (χ4n) is 3.76. The van der Waals surface area contributed by atoms with Crippen LogP contribution in [0.4, 0.5) is 20.2 Å². The van der Waals surface area contributed by atoms with E-state index in [-0.39, 0.29) is 11.4 Å². The standard InChI is InChI=1S/C22H22F2N4O/c1-14-7-3-4-8-20(14)28-15(2)17(13-25-28)22(29)26-16-11-18(23)21(19(24)12-16)27-9-5-6-10-27/h3-4,7-8,11-13H,5-6,9-10H2,1-2H3,(H,26,29). The average molecular weight is 396 g/mol. The van der Waals surface area contributed by atoms with Crippen molar-refractivity contribution in [3.8, 4) is 5.69 Å². The van der Waals surface area contributed by atoms with Gasteiger partial charge < -0.3 is 10.2 Å². The number of amides is 1. The maximum Gasteiger partial charge on any atom is 0.259 e. The first kappa shape index (κ1) is 19.1. The summed E-state index contributed by atoms with van der Waals surface area (Å²) in [7, 11) is 0. The number of carbonyl (C=O) groups is 1. The van der Waals surface area contributed by atoms with E-state index >= 15 is 0 Å². The van der Waals surface area contributed by atoms with Crippen LogP contribution in [0.3, 0.4) is 0 Å². The van der Waals surface area contributed by atoms with Crippen molar-refractivity contribution in [2.45, 2.75) is 26.7 Å². The summed E-state index contributed by atoms with van der Waals surface area (Å²) in [6.45, 7) is 5.02. The molecule has 1 aliphatic heterocycles. The van der Waals surface area contributed by atoms with Crippen LogP contribution < -0.4 is 10.2 Å². The van der Waals surface area contributed by atoms with Gasteiger partial charge in [-0.3, -0.25) is 4.79 Å². The lowest BCUT2D eigenvalue weighted by atomic mass is 10.2. The zero-order valence-electron chi connectivity index (χ0n) is 16.4. The smallest absolute Gasteiger partial charge is 0.259 e. The predicted octanol–water partition coefficient (Wildman–Crippen LogP) is 4.62. The molecule has 0 aliphatic carbocycles. The second-order valence-corrected chi connectivity index (χ2v) is 7.28. The van der Waals surface area contributed by atoms with Gasteiger partial charge in [0.15, 0.2) is 11.6 Å². The molecule has 1 N–H and O–H groups in total. The van der Waals surface area contributed by atoms with Gasteiger partial charge in [-0.2, -0.15) is 5.10 Å². The van der Waals surface area contributed by atoms with Gasteiger partial charge in [0, 0.05) is 18.8 Å². The number of hydrogen-bond acceptors (Lipinski definition) is 3. The summed E-state index contributed by atoms with van der Waals surface area (Å²) >= 11 is 0. The van der Waals surface area contributed by atoms with Gasteiger partial charge in [-0.05, 0) is 50.5 Å². The minimum absolute atomic E-state index is 0.0240. The average Bonchev–Trinajstić information content (AvgIpc) is 3.32. The highest BCUT2D eigenvalue weighted by molar-refractivity contribution is 6.05. The molecule has 29 heavy (non-hydrogen) atoms. The molecule has 0 spiro atoms. The number of rotatable bonds is 4. The summed E-state index contributed by atoms with van der Waals surface area (Å²) in [4.78, 5) is 14.4. The Hall–Kier alpha value is -3.22. The van der Waals surface area contributed by atoms with Crippen LogP contribution >= 0.6 is 0 Å². The number of aryl methyl sites for hydroxylation is 1. The van der Waals surface area contributed by atoms with Gasteiger partial charge in [-0.1, -0.05) is 18.2 Å². The Morgan fingerprint density at radius 3 is 2.38 bits per heavy atom. The van der Waals surface area contributed by atoms with E-state index < -0.39 is 17.5 Å². The molecule has 0 saturated carbocycles. The fourth-order valence-corrected chi connectivity index (χ4v) is 3.76. The van der Waals surface area contributed by atoms with Crippen LogP contribution in [0.1, 0.15) is 34.5 Å². The number of nitrogens with one attached hydrogen (secondary N) is 1. The number of anilines is 2. The largest absolute Gasteiger partial charge is 0.367 e. The molecule has 1 amide bonds. The zero-order valence-corrected chi connectivity index (χ0v) is 16.4. The Bertz CT molecular complexity index is 1050. The summed E-state index contributed by atoms with van der Waals surface area (Å²) in [6, 6.07) is 10.0. The summed E-state index contributed by atoms with van der Waals surface area (Å²) < 4.78 is 30.7. The lowest BCUT2D eigenvalue weighted by Gasteiger charge is -2.19. The molecule has 4 rings (SSSR count). The molecule has 5 nitrogen and oxygen atoms in total. The van der Waals surface area contributed by atoms with Crippen LogP contribution in [0.25, 0.3) is 5.69 Å². The molecule has 3 aromatic rings. The van der Waals surface area contributed by atoms with Crippen molar-refractivity contribution in [3.63, 3.8) is 0 Å². The molecule has 1 aliphatic rings. The van der Waals surface area contributed by atoms with Gasteiger partial charge in [0.05, 0.1) is 23.1 Å². The molecule has 0 radical (unpaired) electrons. The third-order valence-electron chi connectivity index (χ3n) is 5.30. The Morgan fingerprint density at radius 1 is 1.07 bits per heavy atom. The van der Waals surface area contributed by atoms with Crippen LogP contribution in [0, 0.1) is 25.5 Å². The quantitative estimate of drug-likeness (QED) is 0.700. The Kier molecular flexibility index (Phi) is 5.05. The van der Waals surface area contributed by atoms with Crippen LogP contribution in [0.2, 0.25) is 0 Å². The molecule has 0 bridgehead atoms. The summed E-state index contributed by atoms with van der Waals surface area (Å²) in [6.07, 6.45) is 3.30. The highest BCUT2D eigenvalue weighted by atomic mass is 19.1. The number of aromatic nitrogens is 2. The number of halogens is 2. The topological polar surface area (TPSA) is 50.2 Å². The molecule has 0 unspecified atom stereocenters. The van der Waals surface area contributed by atoms with E-state index in [2.05, 4.69) is 10.4 Å². The van der Waals surface area contributed by atoms with E-state index in [0.717, 1.165) is 36.2 Å². The number of para-hydroxylation sites is 1. The molecule has 2 heterocycles. The molecular weight excluding hydrogens is 374 g/mol. The van der Waals surface area contributed by atoms with E-state index in [1.54, 1.807) is 16.5 Å². The first-order valence-corrected chi connectivity index (χ1v) is 9.61. The third-order valence-corrected chi connectivity index (χ3v) is 5.30. The number of carbonyl (C=O) groups excluding carboxylic acids is 1. The Labute approximate surface area is 168 Å². The molecule has 150 valence electrons. The predicted molar refractivity (Wildman–Crippen MR) is 109 cm³/mol. The maximum atomic E-state index is 14.5. The first-order chi connectivity index (χ1) is 14.0. The second kappa shape index (κ2) is 7.66. The lowest BCUT2D eigenvalue weighted by molar-refractivity contribution is 0.102. The third kappa shape index (κ3) is 3.60. The summed E-state index contributed by atoms with van der Waals surface area (Å²) in [5.41, 5.74) is 2.94. The molecule has 1 fully saturated rings. The lowest BCUT2D eigenvalue weighted by Crippen LogP contribution is -2.21.